The Kier molecular flexibility index (Phi) is 15.6. The zero-order chi connectivity index (χ0) is 20.1. The Morgan fingerprint density at radius 2 is 1.64 bits per heavy atom. The summed E-state index contributed by atoms with van der Waals surface area (Å²) in [6.07, 6.45) is 7.71. The van der Waals surface area contributed by atoms with Gasteiger partial charge in [-0.3, -0.25) is 0 Å². The first-order chi connectivity index (χ1) is 12.8. The van der Waals surface area contributed by atoms with Crippen molar-refractivity contribution in [2.75, 3.05) is 13.2 Å². The molecule has 0 aliphatic carbocycles. The number of rotatable bonds is 15. The van der Waals surface area contributed by atoms with E-state index >= 15 is 0 Å². The molecular weight excluding hydrogens is 391 g/mol. The van der Waals surface area contributed by atoms with Crippen LogP contribution < -0.4 is 34.3 Å². The molecule has 0 spiro atoms. The standard InChI is InChI=1S/C20H34O6S.Na/c1-4-5-6-7-8-9-12-19-13-10-11-14-20(19)25-16-15-24-17(2)26-18(3)27(21,22)23;/h10-11,13-14,17-18H,4-9,12,15-16H2,1-3H3,(H,21,22,23);/q;+1/p-1. The first-order valence-electron chi connectivity index (χ1n) is 9.77. The van der Waals surface area contributed by atoms with E-state index in [4.69, 9.17) is 14.2 Å². The van der Waals surface area contributed by atoms with E-state index in [9.17, 15) is 13.0 Å². The topological polar surface area (TPSA) is 84.9 Å². The smallest absolute Gasteiger partial charge is 0.746 e. The van der Waals surface area contributed by atoms with Crippen LogP contribution in [0.25, 0.3) is 0 Å². The van der Waals surface area contributed by atoms with Gasteiger partial charge in [0.25, 0.3) is 0 Å². The zero-order valence-electron chi connectivity index (χ0n) is 17.7. The Bertz CT molecular complexity index is 623. The fourth-order valence-electron chi connectivity index (χ4n) is 2.69. The van der Waals surface area contributed by atoms with Gasteiger partial charge >= 0.3 is 29.6 Å². The van der Waals surface area contributed by atoms with Crippen molar-refractivity contribution in [1.29, 1.82) is 0 Å². The second-order valence-corrected chi connectivity index (χ2v) is 8.26. The second kappa shape index (κ2) is 15.7. The van der Waals surface area contributed by atoms with Crippen LogP contribution in [-0.2, 0) is 26.0 Å². The molecule has 0 N–H and O–H groups in total. The largest absolute Gasteiger partial charge is 1.00 e. The predicted molar refractivity (Wildman–Crippen MR) is 105 cm³/mol. The van der Waals surface area contributed by atoms with Gasteiger partial charge in [-0.1, -0.05) is 57.2 Å². The molecule has 1 aromatic rings. The summed E-state index contributed by atoms with van der Waals surface area (Å²) in [5, 5.41) is 0. The van der Waals surface area contributed by atoms with Gasteiger partial charge in [-0.05, 0) is 38.3 Å². The van der Waals surface area contributed by atoms with Gasteiger partial charge in [0, 0.05) is 0 Å². The second-order valence-electron chi connectivity index (χ2n) is 6.61. The molecule has 1 aromatic carbocycles. The van der Waals surface area contributed by atoms with E-state index in [1.54, 1.807) is 6.92 Å². The van der Waals surface area contributed by atoms with Crippen molar-refractivity contribution >= 4 is 10.1 Å². The van der Waals surface area contributed by atoms with Crippen LogP contribution in [0.1, 0.15) is 64.9 Å². The minimum Gasteiger partial charge on any atom is -0.746 e. The number of ether oxygens (including phenoxy) is 3. The van der Waals surface area contributed by atoms with E-state index in [-0.39, 0.29) is 36.2 Å². The third-order valence-electron chi connectivity index (χ3n) is 4.26. The SMILES string of the molecule is CCCCCCCCc1ccccc1OCCOC(C)OC(C)S(=O)(=O)[O-].[Na+]. The van der Waals surface area contributed by atoms with Crippen LogP contribution >= 0.6 is 0 Å². The molecule has 156 valence electrons. The summed E-state index contributed by atoms with van der Waals surface area (Å²) >= 11 is 0. The van der Waals surface area contributed by atoms with Gasteiger partial charge in [0.15, 0.2) is 6.29 Å². The maximum Gasteiger partial charge on any atom is 1.00 e. The van der Waals surface area contributed by atoms with Crippen LogP contribution in [0.2, 0.25) is 0 Å². The van der Waals surface area contributed by atoms with E-state index in [0.717, 1.165) is 18.6 Å². The molecule has 2 unspecified atom stereocenters. The Morgan fingerprint density at radius 3 is 2.32 bits per heavy atom. The monoisotopic (exact) mass is 424 g/mol. The molecule has 0 bridgehead atoms. The molecule has 1 rings (SSSR count). The molecule has 0 amide bonds. The summed E-state index contributed by atoms with van der Waals surface area (Å²) in [6.45, 7) is 5.51. The van der Waals surface area contributed by atoms with Crippen molar-refractivity contribution < 1.29 is 56.7 Å². The van der Waals surface area contributed by atoms with Gasteiger partial charge in [0.1, 0.15) is 27.9 Å². The third-order valence-corrected chi connectivity index (χ3v) is 5.18. The summed E-state index contributed by atoms with van der Waals surface area (Å²) in [5.41, 5.74) is -0.255. The van der Waals surface area contributed by atoms with Crippen molar-refractivity contribution in [2.24, 2.45) is 0 Å². The van der Waals surface area contributed by atoms with Gasteiger partial charge in [-0.15, -0.1) is 0 Å². The molecule has 0 aliphatic heterocycles. The molecule has 6 nitrogen and oxygen atoms in total. The van der Waals surface area contributed by atoms with Gasteiger partial charge in [0.05, 0.1) is 6.61 Å². The molecule has 2 atom stereocenters. The van der Waals surface area contributed by atoms with Crippen LogP contribution in [0.15, 0.2) is 24.3 Å². The fraction of sp³-hybridized carbons (Fsp3) is 0.700. The fourth-order valence-corrected chi connectivity index (χ4v) is 2.98. The number of hydrogen-bond acceptors (Lipinski definition) is 6. The Morgan fingerprint density at radius 1 is 1.00 bits per heavy atom. The molecule has 0 fully saturated rings. The number of para-hydroxylation sites is 1. The van der Waals surface area contributed by atoms with Crippen molar-refractivity contribution in [2.45, 2.75) is 77.4 Å². The van der Waals surface area contributed by atoms with Crippen LogP contribution in [0.4, 0.5) is 0 Å². The summed E-state index contributed by atoms with van der Waals surface area (Å²) in [5.74, 6) is 0.846. The number of benzene rings is 1. The summed E-state index contributed by atoms with van der Waals surface area (Å²) in [7, 11) is -4.48. The molecule has 0 saturated carbocycles. The van der Waals surface area contributed by atoms with Gasteiger partial charge in [-0.2, -0.15) is 0 Å². The van der Waals surface area contributed by atoms with E-state index in [1.165, 1.54) is 44.6 Å². The Hall–Kier alpha value is -0.150. The average Bonchev–Trinajstić information content (AvgIpc) is 2.62. The molecule has 8 heteroatoms. The van der Waals surface area contributed by atoms with Crippen molar-refractivity contribution in [3.63, 3.8) is 0 Å². The summed E-state index contributed by atoms with van der Waals surface area (Å²) < 4.78 is 48.6. The molecule has 0 aromatic heterocycles. The van der Waals surface area contributed by atoms with Crippen LogP contribution in [0.3, 0.4) is 0 Å². The Labute approximate surface area is 192 Å². The summed E-state index contributed by atoms with van der Waals surface area (Å²) in [6, 6.07) is 7.97. The first kappa shape index (κ1) is 27.8. The predicted octanol–water partition coefficient (Wildman–Crippen LogP) is 1.24. The number of unbranched alkanes of at least 4 members (excludes halogenated alkanes) is 5. The Balaban J connectivity index is 0.00000729. The van der Waals surface area contributed by atoms with E-state index in [2.05, 4.69) is 13.0 Å². The average molecular weight is 425 g/mol. The van der Waals surface area contributed by atoms with Gasteiger partial charge < -0.3 is 18.8 Å². The normalized spacial score (nSPS) is 13.6. The van der Waals surface area contributed by atoms with Gasteiger partial charge in [0.2, 0.25) is 0 Å². The number of hydrogen-bond donors (Lipinski definition) is 0. The number of aryl methyl sites for hydroxylation is 1. The minimum absolute atomic E-state index is 0. The summed E-state index contributed by atoms with van der Waals surface area (Å²) in [4.78, 5) is 0. The molecule has 0 radical (unpaired) electrons. The third kappa shape index (κ3) is 12.4. The van der Waals surface area contributed by atoms with Gasteiger partial charge in [-0.25, -0.2) is 8.42 Å². The van der Waals surface area contributed by atoms with E-state index < -0.39 is 21.8 Å². The molecule has 0 heterocycles. The van der Waals surface area contributed by atoms with Crippen molar-refractivity contribution in [1.82, 2.24) is 0 Å². The van der Waals surface area contributed by atoms with Crippen molar-refractivity contribution in [3.8, 4) is 5.75 Å². The van der Waals surface area contributed by atoms with E-state index in [0.29, 0.717) is 6.61 Å². The first-order valence-corrected chi connectivity index (χ1v) is 11.2. The van der Waals surface area contributed by atoms with E-state index in [1.807, 2.05) is 18.2 Å². The molecule has 0 aliphatic rings. The molecule has 0 saturated heterocycles. The van der Waals surface area contributed by atoms with Crippen LogP contribution in [0.5, 0.6) is 5.75 Å². The quantitative estimate of drug-likeness (QED) is 0.182. The van der Waals surface area contributed by atoms with Crippen molar-refractivity contribution in [3.05, 3.63) is 29.8 Å². The minimum atomic E-state index is -4.48. The molecular formula is C20H33NaO6S. The maximum atomic E-state index is 10.8. The molecule has 28 heavy (non-hydrogen) atoms. The maximum absolute atomic E-state index is 10.8. The zero-order valence-corrected chi connectivity index (χ0v) is 20.5. The van der Waals surface area contributed by atoms with Crippen LogP contribution in [0, 0.1) is 0 Å². The van der Waals surface area contributed by atoms with Crippen LogP contribution in [-0.4, -0.2) is 37.9 Å².